The summed E-state index contributed by atoms with van der Waals surface area (Å²) in [5.74, 6) is -2.59. The molecule has 3 aliphatic rings. The van der Waals surface area contributed by atoms with Crippen LogP contribution in [-0.4, -0.2) is 70.2 Å². The first kappa shape index (κ1) is 20.2. The van der Waals surface area contributed by atoms with Crippen molar-refractivity contribution < 1.29 is 29.1 Å². The number of nitrogens with one attached hydrogen (secondary N) is 1. The highest BCUT2D eigenvalue weighted by Crippen LogP contribution is 2.33. The number of piperidine rings is 2. The monoisotopic (exact) mass is 413 g/mol. The molecule has 1 unspecified atom stereocenters. The second-order valence-electron chi connectivity index (χ2n) is 8.01. The van der Waals surface area contributed by atoms with E-state index in [0.29, 0.717) is 12.1 Å². The third-order valence-corrected chi connectivity index (χ3v) is 6.16. The second-order valence-corrected chi connectivity index (χ2v) is 8.01. The predicted octanol–water partition coefficient (Wildman–Crippen LogP) is 0.742. The summed E-state index contributed by atoms with van der Waals surface area (Å²) in [6.07, 6.45) is 2.04. The number of hydrogen-bond donors (Lipinski definition) is 2. The van der Waals surface area contributed by atoms with Crippen molar-refractivity contribution in [3.05, 3.63) is 34.9 Å². The third-order valence-electron chi connectivity index (χ3n) is 6.16. The number of amides is 4. The number of hydrogen-bond acceptors (Lipinski definition) is 6. The van der Waals surface area contributed by atoms with E-state index in [0.717, 1.165) is 36.4 Å². The third kappa shape index (κ3) is 3.72. The molecule has 9 nitrogen and oxygen atoms in total. The molecule has 1 atom stereocenters. The fraction of sp³-hybridized carbons (Fsp3) is 0.476. The molecule has 2 saturated heterocycles. The Morgan fingerprint density at radius 2 is 1.73 bits per heavy atom. The maximum atomic E-state index is 12.9. The highest BCUT2D eigenvalue weighted by atomic mass is 16.4. The van der Waals surface area contributed by atoms with Gasteiger partial charge in [-0.3, -0.25) is 34.2 Å². The Balaban J connectivity index is 1.47. The molecule has 0 bridgehead atoms. The van der Waals surface area contributed by atoms with Gasteiger partial charge in [0.15, 0.2) is 0 Å². The predicted molar refractivity (Wildman–Crippen MR) is 104 cm³/mol. The number of aliphatic carboxylic acids is 1. The highest BCUT2D eigenvalue weighted by Gasteiger charge is 2.44. The van der Waals surface area contributed by atoms with Crippen molar-refractivity contribution in [2.75, 3.05) is 19.6 Å². The van der Waals surface area contributed by atoms with E-state index in [4.69, 9.17) is 5.11 Å². The molecule has 4 amide bonds. The molecule has 2 N–H and O–H groups in total. The van der Waals surface area contributed by atoms with Gasteiger partial charge in [-0.05, 0) is 56.0 Å². The first-order chi connectivity index (χ1) is 14.3. The molecule has 9 heteroatoms. The van der Waals surface area contributed by atoms with Crippen molar-refractivity contribution in [2.24, 2.45) is 0 Å². The summed E-state index contributed by atoms with van der Waals surface area (Å²) < 4.78 is 0. The Bertz CT molecular complexity index is 935. The number of rotatable bonds is 5. The lowest BCUT2D eigenvalue weighted by Gasteiger charge is -2.31. The lowest BCUT2D eigenvalue weighted by Crippen LogP contribution is -2.54. The Morgan fingerprint density at radius 1 is 1.03 bits per heavy atom. The molecule has 0 aromatic heterocycles. The van der Waals surface area contributed by atoms with E-state index < -0.39 is 35.6 Å². The van der Waals surface area contributed by atoms with Crippen LogP contribution in [0, 0.1) is 0 Å². The summed E-state index contributed by atoms with van der Waals surface area (Å²) in [4.78, 5) is 63.1. The fourth-order valence-corrected chi connectivity index (χ4v) is 4.49. The molecule has 158 valence electrons. The van der Waals surface area contributed by atoms with E-state index in [1.54, 1.807) is 12.1 Å². The number of nitrogens with zero attached hydrogens (tertiary/aromatic N) is 2. The van der Waals surface area contributed by atoms with E-state index in [2.05, 4.69) is 10.2 Å². The maximum absolute atomic E-state index is 12.9. The van der Waals surface area contributed by atoms with Gasteiger partial charge in [0.2, 0.25) is 11.8 Å². The van der Waals surface area contributed by atoms with Gasteiger partial charge >= 0.3 is 5.97 Å². The molecular formula is C21H23N3O6. The number of fused-ring (bicyclic) bond motifs is 1. The number of carbonyl (C=O) groups is 5. The van der Waals surface area contributed by atoms with Crippen LogP contribution >= 0.6 is 0 Å². The molecule has 0 aliphatic carbocycles. The molecule has 30 heavy (non-hydrogen) atoms. The average molecular weight is 413 g/mol. The fourth-order valence-electron chi connectivity index (χ4n) is 4.49. The summed E-state index contributed by atoms with van der Waals surface area (Å²) in [5, 5.41) is 11.0. The standard InChI is InChI=1S/C21H23N3O6/c25-17-4-3-16(19(28)22-17)24-20(29)14-2-1-13(11-15(14)21(24)30)12-5-8-23(9-6-12)10-7-18(26)27/h1-2,11-12,16H,3-10H2,(H,26,27)(H,22,25,28). The van der Waals surface area contributed by atoms with Crippen LogP contribution in [-0.2, 0) is 14.4 Å². The SMILES string of the molecule is O=C(O)CCN1CCC(c2ccc3c(c2)C(=O)N(C2CCC(=O)NC2=O)C3=O)CC1. The smallest absolute Gasteiger partial charge is 0.304 e. The summed E-state index contributed by atoms with van der Waals surface area (Å²) in [5.41, 5.74) is 1.56. The summed E-state index contributed by atoms with van der Waals surface area (Å²) in [6.45, 7) is 2.09. The maximum Gasteiger partial charge on any atom is 0.304 e. The Morgan fingerprint density at radius 3 is 2.40 bits per heavy atom. The topological polar surface area (TPSA) is 124 Å². The highest BCUT2D eigenvalue weighted by molar-refractivity contribution is 6.23. The zero-order valence-electron chi connectivity index (χ0n) is 16.4. The van der Waals surface area contributed by atoms with Gasteiger partial charge in [-0.2, -0.15) is 0 Å². The van der Waals surface area contributed by atoms with Gasteiger partial charge in [0.05, 0.1) is 17.5 Å². The van der Waals surface area contributed by atoms with E-state index in [1.807, 2.05) is 6.07 Å². The number of carboxylic acids is 1. The molecule has 0 radical (unpaired) electrons. The molecule has 4 rings (SSSR count). The molecule has 2 fully saturated rings. The molecule has 3 heterocycles. The van der Waals surface area contributed by atoms with Crippen LogP contribution in [0.1, 0.15) is 64.3 Å². The Kier molecular flexibility index (Phi) is 5.38. The van der Waals surface area contributed by atoms with Gasteiger partial charge in [0.1, 0.15) is 6.04 Å². The van der Waals surface area contributed by atoms with E-state index in [-0.39, 0.29) is 30.7 Å². The van der Waals surface area contributed by atoms with Crippen LogP contribution in [0.25, 0.3) is 0 Å². The summed E-state index contributed by atoms with van der Waals surface area (Å²) in [7, 11) is 0. The van der Waals surface area contributed by atoms with Gasteiger partial charge < -0.3 is 10.0 Å². The zero-order chi connectivity index (χ0) is 21.4. The van der Waals surface area contributed by atoms with Crippen LogP contribution < -0.4 is 5.32 Å². The second kappa shape index (κ2) is 7.98. The number of benzene rings is 1. The first-order valence-electron chi connectivity index (χ1n) is 10.1. The van der Waals surface area contributed by atoms with E-state index >= 15 is 0 Å². The molecule has 1 aromatic rings. The largest absolute Gasteiger partial charge is 0.481 e. The first-order valence-corrected chi connectivity index (χ1v) is 10.1. The number of imide groups is 2. The van der Waals surface area contributed by atoms with Crippen molar-refractivity contribution in [2.45, 2.75) is 44.1 Å². The quantitative estimate of drug-likeness (QED) is 0.682. The van der Waals surface area contributed by atoms with Gasteiger partial charge in [-0.1, -0.05) is 6.07 Å². The van der Waals surface area contributed by atoms with Crippen LogP contribution in [0.5, 0.6) is 0 Å². The number of likely N-dealkylation sites (tertiary alicyclic amines) is 1. The lowest BCUT2D eigenvalue weighted by atomic mass is 9.88. The van der Waals surface area contributed by atoms with Crippen molar-refractivity contribution in [3.63, 3.8) is 0 Å². The Hall–Kier alpha value is -3.07. The van der Waals surface area contributed by atoms with Crippen LogP contribution in [0.15, 0.2) is 18.2 Å². The average Bonchev–Trinajstić information content (AvgIpc) is 2.97. The van der Waals surface area contributed by atoms with E-state index in [1.165, 1.54) is 0 Å². The van der Waals surface area contributed by atoms with Gasteiger partial charge in [-0.25, -0.2) is 0 Å². The zero-order valence-corrected chi connectivity index (χ0v) is 16.4. The van der Waals surface area contributed by atoms with Gasteiger partial charge in [-0.15, -0.1) is 0 Å². The van der Waals surface area contributed by atoms with Crippen LogP contribution in [0.4, 0.5) is 0 Å². The van der Waals surface area contributed by atoms with Gasteiger partial charge in [0.25, 0.3) is 11.8 Å². The van der Waals surface area contributed by atoms with Crippen molar-refractivity contribution in [3.8, 4) is 0 Å². The van der Waals surface area contributed by atoms with Crippen molar-refractivity contribution >= 4 is 29.6 Å². The van der Waals surface area contributed by atoms with Crippen LogP contribution in [0.3, 0.4) is 0 Å². The lowest BCUT2D eigenvalue weighted by molar-refractivity contribution is -0.138. The van der Waals surface area contributed by atoms with Crippen molar-refractivity contribution in [1.82, 2.24) is 15.1 Å². The molecule has 0 spiro atoms. The minimum atomic E-state index is -0.962. The minimum absolute atomic E-state index is 0.0928. The molecule has 0 saturated carbocycles. The van der Waals surface area contributed by atoms with E-state index in [9.17, 15) is 24.0 Å². The van der Waals surface area contributed by atoms with Crippen LogP contribution in [0.2, 0.25) is 0 Å². The molecule has 1 aromatic carbocycles. The number of carboxylic acid groups (broad SMARTS) is 1. The summed E-state index contributed by atoms with van der Waals surface area (Å²) >= 11 is 0. The molecule has 3 aliphatic heterocycles. The molecular weight excluding hydrogens is 390 g/mol. The number of carbonyl (C=O) groups excluding carboxylic acids is 4. The normalized spacial score (nSPS) is 22.9. The summed E-state index contributed by atoms with van der Waals surface area (Å²) in [6, 6.07) is 4.29. The Labute approximate surface area is 173 Å². The van der Waals surface area contributed by atoms with Crippen molar-refractivity contribution in [1.29, 1.82) is 0 Å². The van der Waals surface area contributed by atoms with Gasteiger partial charge in [0, 0.05) is 13.0 Å². The minimum Gasteiger partial charge on any atom is -0.481 e.